The van der Waals surface area contributed by atoms with E-state index in [4.69, 9.17) is 5.73 Å². The molecule has 2 N–H and O–H groups in total. The molecule has 0 aromatic rings. The lowest BCUT2D eigenvalue weighted by atomic mass is 10.2. The average molecular weight is 127 g/mol. The molecule has 4 heteroatoms. The maximum Gasteiger partial charge on any atom is 0.265 e. The number of nitrogens with two attached hydrogens (primary N) is 1. The van der Waals surface area contributed by atoms with Crippen molar-refractivity contribution in [2.75, 3.05) is 0 Å². The van der Waals surface area contributed by atoms with Gasteiger partial charge in [0.25, 0.3) is 5.78 Å². The van der Waals surface area contributed by atoms with Gasteiger partial charge in [0.1, 0.15) is 0 Å². The van der Waals surface area contributed by atoms with Gasteiger partial charge in [-0.05, 0) is 0 Å². The van der Waals surface area contributed by atoms with Crippen molar-refractivity contribution in [2.24, 2.45) is 5.73 Å². The Morgan fingerprint density at radius 2 is 1.89 bits per heavy atom. The number of rotatable bonds is 0. The summed E-state index contributed by atoms with van der Waals surface area (Å²) in [5, 5.41) is 0. The summed E-state index contributed by atoms with van der Waals surface area (Å²) < 4.78 is 0. The van der Waals surface area contributed by atoms with E-state index >= 15 is 0 Å². The van der Waals surface area contributed by atoms with Crippen molar-refractivity contribution in [3.63, 3.8) is 0 Å². The Morgan fingerprint density at radius 1 is 1.33 bits per heavy atom. The second-order valence-electron chi connectivity index (χ2n) is 1.93. The molecule has 48 valence electrons. The topological polar surface area (TPSA) is 77.2 Å². The SMILES string of the molecule is N[C@H]1CC(=O)C(=O)C1=O. The van der Waals surface area contributed by atoms with Crippen molar-refractivity contribution >= 4 is 17.3 Å². The Bertz CT molecular complexity index is 196. The average Bonchev–Trinajstić information content (AvgIpc) is 1.98. The molecule has 0 heterocycles. The minimum Gasteiger partial charge on any atom is -0.321 e. The predicted octanol–water partition coefficient (Wildman–Crippen LogP) is -1.58. The Balaban J connectivity index is 2.90. The van der Waals surface area contributed by atoms with Crippen LogP contribution in [0.2, 0.25) is 0 Å². The summed E-state index contributed by atoms with van der Waals surface area (Å²) in [6, 6.07) is -0.870. The predicted molar refractivity (Wildman–Crippen MR) is 27.6 cm³/mol. The van der Waals surface area contributed by atoms with Crippen LogP contribution >= 0.6 is 0 Å². The maximum atomic E-state index is 10.4. The van der Waals surface area contributed by atoms with E-state index in [1.54, 1.807) is 0 Å². The van der Waals surface area contributed by atoms with Crippen LogP contribution in [-0.2, 0) is 14.4 Å². The number of Topliss-reactive ketones (excluding diaryl/α,β-unsaturated/α-hetero) is 3. The molecule has 4 nitrogen and oxygen atoms in total. The largest absolute Gasteiger partial charge is 0.321 e. The van der Waals surface area contributed by atoms with E-state index in [1.165, 1.54) is 0 Å². The fourth-order valence-corrected chi connectivity index (χ4v) is 0.691. The Kier molecular flexibility index (Phi) is 1.17. The third-order valence-electron chi connectivity index (χ3n) is 1.22. The number of ketones is 3. The fraction of sp³-hybridized carbons (Fsp3) is 0.400. The first-order valence-electron chi connectivity index (χ1n) is 2.50. The number of carbonyl (C=O) groups excluding carboxylic acids is 3. The molecule has 0 aromatic carbocycles. The first kappa shape index (κ1) is 6.10. The third-order valence-corrected chi connectivity index (χ3v) is 1.22. The molecular weight excluding hydrogens is 122 g/mol. The van der Waals surface area contributed by atoms with Gasteiger partial charge in [-0.25, -0.2) is 0 Å². The monoisotopic (exact) mass is 127 g/mol. The Labute approximate surface area is 51.0 Å². The summed E-state index contributed by atoms with van der Waals surface area (Å²) in [5.74, 6) is -2.35. The zero-order valence-corrected chi connectivity index (χ0v) is 4.59. The highest BCUT2D eigenvalue weighted by molar-refractivity contribution is 6.68. The lowest BCUT2D eigenvalue weighted by Crippen LogP contribution is -2.27. The van der Waals surface area contributed by atoms with Crippen LogP contribution < -0.4 is 5.73 Å². The molecule has 1 aliphatic carbocycles. The molecule has 0 bridgehead atoms. The van der Waals surface area contributed by atoms with E-state index in [2.05, 4.69) is 0 Å². The van der Waals surface area contributed by atoms with Crippen molar-refractivity contribution in [1.82, 2.24) is 0 Å². The summed E-state index contributed by atoms with van der Waals surface area (Å²) in [6.45, 7) is 0. The molecule has 0 amide bonds. The summed E-state index contributed by atoms with van der Waals surface area (Å²) in [6.07, 6.45) is -0.113. The Morgan fingerprint density at radius 3 is 2.00 bits per heavy atom. The van der Waals surface area contributed by atoms with Crippen LogP contribution in [0.1, 0.15) is 6.42 Å². The van der Waals surface area contributed by atoms with E-state index < -0.39 is 23.4 Å². The standard InChI is InChI=1S/C5H5NO3/c6-2-1-3(7)5(9)4(2)8/h2H,1,6H2/t2-/m0/s1. The third kappa shape index (κ3) is 0.768. The van der Waals surface area contributed by atoms with E-state index in [-0.39, 0.29) is 6.42 Å². The number of hydrogen-bond donors (Lipinski definition) is 1. The molecule has 0 unspecified atom stereocenters. The summed E-state index contributed by atoms with van der Waals surface area (Å²) in [5.41, 5.74) is 5.07. The molecule has 1 saturated carbocycles. The highest BCUT2D eigenvalue weighted by Gasteiger charge is 2.37. The van der Waals surface area contributed by atoms with Gasteiger partial charge in [0.05, 0.1) is 6.04 Å². The van der Waals surface area contributed by atoms with Crippen molar-refractivity contribution < 1.29 is 14.4 Å². The van der Waals surface area contributed by atoms with E-state index in [0.717, 1.165) is 0 Å². The zero-order chi connectivity index (χ0) is 7.02. The number of carbonyl (C=O) groups is 3. The highest BCUT2D eigenvalue weighted by Crippen LogP contribution is 2.03. The summed E-state index contributed by atoms with van der Waals surface area (Å²) in [7, 11) is 0. The van der Waals surface area contributed by atoms with Crippen molar-refractivity contribution in [3.05, 3.63) is 0 Å². The van der Waals surface area contributed by atoms with Gasteiger partial charge in [0.15, 0.2) is 0 Å². The minimum atomic E-state index is -0.942. The molecule has 1 rings (SSSR count). The van der Waals surface area contributed by atoms with Crippen molar-refractivity contribution in [3.8, 4) is 0 Å². The van der Waals surface area contributed by atoms with Crippen molar-refractivity contribution in [2.45, 2.75) is 12.5 Å². The van der Waals surface area contributed by atoms with E-state index in [9.17, 15) is 14.4 Å². The quantitative estimate of drug-likeness (QED) is 0.398. The minimum absolute atomic E-state index is 0.113. The first-order valence-corrected chi connectivity index (χ1v) is 2.50. The highest BCUT2D eigenvalue weighted by atomic mass is 16.2. The maximum absolute atomic E-state index is 10.4. The zero-order valence-electron chi connectivity index (χ0n) is 4.59. The molecule has 1 atom stereocenters. The lowest BCUT2D eigenvalue weighted by molar-refractivity contribution is -0.140. The van der Waals surface area contributed by atoms with Crippen LogP contribution in [0.25, 0.3) is 0 Å². The fourth-order valence-electron chi connectivity index (χ4n) is 0.691. The molecule has 0 spiro atoms. The van der Waals surface area contributed by atoms with Gasteiger partial charge in [0.2, 0.25) is 11.6 Å². The van der Waals surface area contributed by atoms with Crippen LogP contribution in [-0.4, -0.2) is 23.4 Å². The second-order valence-corrected chi connectivity index (χ2v) is 1.93. The lowest BCUT2D eigenvalue weighted by Gasteiger charge is -1.89. The van der Waals surface area contributed by atoms with Crippen LogP contribution in [0.4, 0.5) is 0 Å². The van der Waals surface area contributed by atoms with Gasteiger partial charge in [-0.15, -0.1) is 0 Å². The molecule has 1 fully saturated rings. The Hall–Kier alpha value is -1.03. The van der Waals surface area contributed by atoms with Gasteiger partial charge < -0.3 is 5.73 Å². The van der Waals surface area contributed by atoms with Gasteiger partial charge in [-0.3, -0.25) is 14.4 Å². The van der Waals surface area contributed by atoms with Crippen molar-refractivity contribution in [1.29, 1.82) is 0 Å². The molecule has 0 aromatic heterocycles. The van der Waals surface area contributed by atoms with Crippen LogP contribution in [0.3, 0.4) is 0 Å². The first-order chi connectivity index (χ1) is 4.13. The molecule has 0 saturated heterocycles. The van der Waals surface area contributed by atoms with Gasteiger partial charge in [-0.2, -0.15) is 0 Å². The molecule has 9 heavy (non-hydrogen) atoms. The molecular formula is C5H5NO3. The van der Waals surface area contributed by atoms with Crippen LogP contribution in [0, 0.1) is 0 Å². The second kappa shape index (κ2) is 1.73. The van der Waals surface area contributed by atoms with Gasteiger partial charge in [0, 0.05) is 6.42 Å². The van der Waals surface area contributed by atoms with Gasteiger partial charge >= 0.3 is 0 Å². The van der Waals surface area contributed by atoms with Crippen LogP contribution in [0.5, 0.6) is 0 Å². The smallest absolute Gasteiger partial charge is 0.265 e. The molecule has 1 aliphatic rings. The number of hydrogen-bond acceptors (Lipinski definition) is 4. The van der Waals surface area contributed by atoms with Gasteiger partial charge in [-0.1, -0.05) is 0 Å². The molecule has 0 aliphatic heterocycles. The van der Waals surface area contributed by atoms with Crippen LogP contribution in [0.15, 0.2) is 0 Å². The van der Waals surface area contributed by atoms with E-state index in [0.29, 0.717) is 0 Å². The summed E-state index contributed by atoms with van der Waals surface area (Å²) >= 11 is 0. The molecule has 0 radical (unpaired) electrons. The normalized spacial score (nSPS) is 27.7. The van der Waals surface area contributed by atoms with E-state index in [1.807, 2.05) is 0 Å². The summed E-state index contributed by atoms with van der Waals surface area (Å²) in [4.78, 5) is 31.1.